The van der Waals surface area contributed by atoms with Gasteiger partial charge in [0, 0.05) is 24.4 Å². The molecule has 0 radical (unpaired) electrons. The summed E-state index contributed by atoms with van der Waals surface area (Å²) in [5.41, 5.74) is 2.44. The van der Waals surface area contributed by atoms with Crippen LogP contribution in [-0.4, -0.2) is 42.5 Å². The quantitative estimate of drug-likeness (QED) is 0.712. The summed E-state index contributed by atoms with van der Waals surface area (Å²) in [6.07, 6.45) is 1.90. The lowest BCUT2D eigenvalue weighted by Crippen LogP contribution is -2.51. The Balaban J connectivity index is 1.23. The molecule has 2 aromatic carbocycles. The summed E-state index contributed by atoms with van der Waals surface area (Å²) in [6.45, 7) is 0.193. The number of amides is 2. The van der Waals surface area contributed by atoms with Crippen molar-refractivity contribution in [2.45, 2.75) is 43.9 Å². The lowest BCUT2D eigenvalue weighted by Gasteiger charge is -2.20. The Morgan fingerprint density at radius 3 is 2.68 bits per heavy atom. The highest BCUT2D eigenvalue weighted by atomic mass is 16.7. The Morgan fingerprint density at radius 2 is 1.87 bits per heavy atom. The summed E-state index contributed by atoms with van der Waals surface area (Å²) in [5.74, 6) is 0.803. The second kappa shape index (κ2) is 8.29. The fourth-order valence-corrected chi connectivity index (χ4v) is 3.62. The van der Waals surface area contributed by atoms with Gasteiger partial charge in [-0.1, -0.05) is 35.5 Å². The molecule has 1 saturated carbocycles. The van der Waals surface area contributed by atoms with Gasteiger partial charge in [-0.25, -0.2) is 0 Å². The van der Waals surface area contributed by atoms with E-state index in [9.17, 15) is 9.59 Å². The first kappa shape index (κ1) is 19.4. The molecule has 1 fully saturated rings. The Kier molecular flexibility index (Phi) is 5.19. The maximum Gasteiger partial charge on any atom is 0.265 e. The topological polar surface area (TPSA) is 98.3 Å². The zero-order chi connectivity index (χ0) is 21.2. The molecule has 8 nitrogen and oxygen atoms in total. The third kappa shape index (κ3) is 4.47. The summed E-state index contributed by atoms with van der Waals surface area (Å²) >= 11 is 0. The fourth-order valence-electron chi connectivity index (χ4n) is 3.62. The first-order valence-electron chi connectivity index (χ1n) is 10.4. The highest BCUT2D eigenvalue weighted by Gasteiger charge is 2.34. The summed E-state index contributed by atoms with van der Waals surface area (Å²) in [6, 6.07) is 14.7. The molecule has 2 atom stereocenters. The van der Waals surface area contributed by atoms with Crippen molar-refractivity contribution in [2.75, 3.05) is 6.79 Å². The SMILES string of the molecule is O=C(N[C@H](Cc1ccccc1)C(=O)NC1CC1)[C@@H]1CC(c2ccc3c(c2)OCO3)=NO1. The van der Waals surface area contributed by atoms with Crippen LogP contribution >= 0.6 is 0 Å². The van der Waals surface area contributed by atoms with Gasteiger partial charge in [0.15, 0.2) is 11.5 Å². The molecule has 8 heteroatoms. The number of nitrogens with one attached hydrogen (secondary N) is 2. The van der Waals surface area contributed by atoms with Gasteiger partial charge in [-0.3, -0.25) is 9.59 Å². The molecule has 0 saturated heterocycles. The van der Waals surface area contributed by atoms with Gasteiger partial charge in [-0.15, -0.1) is 0 Å². The molecule has 31 heavy (non-hydrogen) atoms. The van der Waals surface area contributed by atoms with Crippen LogP contribution in [0, 0.1) is 0 Å². The van der Waals surface area contributed by atoms with Crippen molar-refractivity contribution in [1.29, 1.82) is 0 Å². The van der Waals surface area contributed by atoms with Crippen LogP contribution in [0.25, 0.3) is 0 Å². The van der Waals surface area contributed by atoms with Crippen LogP contribution in [-0.2, 0) is 20.8 Å². The minimum Gasteiger partial charge on any atom is -0.454 e. The Morgan fingerprint density at radius 1 is 1.06 bits per heavy atom. The molecule has 2 aliphatic heterocycles. The highest BCUT2D eigenvalue weighted by molar-refractivity contribution is 6.04. The van der Waals surface area contributed by atoms with Crippen molar-refractivity contribution in [2.24, 2.45) is 5.16 Å². The average Bonchev–Trinajstić information content (AvgIpc) is 3.27. The number of benzene rings is 2. The fraction of sp³-hybridized carbons (Fsp3) is 0.348. The van der Waals surface area contributed by atoms with Crippen molar-refractivity contribution < 1.29 is 23.9 Å². The molecule has 0 spiro atoms. The number of carbonyl (C=O) groups is 2. The molecule has 2 amide bonds. The third-order valence-corrected chi connectivity index (χ3v) is 5.51. The lowest BCUT2D eigenvalue weighted by atomic mass is 10.0. The van der Waals surface area contributed by atoms with E-state index in [4.69, 9.17) is 14.3 Å². The van der Waals surface area contributed by atoms with E-state index in [0.29, 0.717) is 30.1 Å². The van der Waals surface area contributed by atoms with Crippen molar-refractivity contribution in [3.8, 4) is 11.5 Å². The molecule has 2 N–H and O–H groups in total. The van der Waals surface area contributed by atoms with E-state index >= 15 is 0 Å². The van der Waals surface area contributed by atoms with Gasteiger partial charge in [0.25, 0.3) is 5.91 Å². The number of rotatable bonds is 7. The highest BCUT2D eigenvalue weighted by Crippen LogP contribution is 2.33. The maximum atomic E-state index is 12.9. The van der Waals surface area contributed by atoms with E-state index in [1.54, 1.807) is 0 Å². The van der Waals surface area contributed by atoms with E-state index in [-0.39, 0.29) is 24.6 Å². The van der Waals surface area contributed by atoms with Crippen LogP contribution in [0.4, 0.5) is 0 Å². The van der Waals surface area contributed by atoms with E-state index in [1.807, 2.05) is 48.5 Å². The number of fused-ring (bicyclic) bond motifs is 1. The molecule has 1 aliphatic carbocycles. The molecule has 0 unspecified atom stereocenters. The van der Waals surface area contributed by atoms with E-state index in [1.165, 1.54) is 0 Å². The van der Waals surface area contributed by atoms with Gasteiger partial charge in [-0.2, -0.15) is 0 Å². The van der Waals surface area contributed by atoms with Crippen molar-refractivity contribution in [3.63, 3.8) is 0 Å². The summed E-state index contributed by atoms with van der Waals surface area (Å²) in [5, 5.41) is 9.93. The second-order valence-corrected chi connectivity index (χ2v) is 7.94. The van der Waals surface area contributed by atoms with Gasteiger partial charge in [0.2, 0.25) is 18.8 Å². The smallest absolute Gasteiger partial charge is 0.265 e. The van der Waals surface area contributed by atoms with Crippen LogP contribution in [0.3, 0.4) is 0 Å². The molecule has 160 valence electrons. The number of carbonyl (C=O) groups excluding carboxylic acids is 2. The molecule has 0 bridgehead atoms. The first-order chi connectivity index (χ1) is 15.2. The van der Waals surface area contributed by atoms with Crippen LogP contribution in [0.2, 0.25) is 0 Å². The number of hydrogen-bond acceptors (Lipinski definition) is 6. The number of hydrogen-bond donors (Lipinski definition) is 2. The van der Waals surface area contributed by atoms with E-state index < -0.39 is 12.1 Å². The number of oxime groups is 1. The van der Waals surface area contributed by atoms with Crippen LogP contribution in [0.1, 0.15) is 30.4 Å². The Hall–Kier alpha value is -3.55. The summed E-state index contributed by atoms with van der Waals surface area (Å²) < 4.78 is 10.7. The lowest BCUT2D eigenvalue weighted by molar-refractivity contribution is -0.135. The van der Waals surface area contributed by atoms with Gasteiger partial charge in [-0.05, 0) is 36.6 Å². The van der Waals surface area contributed by atoms with Crippen LogP contribution < -0.4 is 20.1 Å². The van der Waals surface area contributed by atoms with Gasteiger partial charge < -0.3 is 24.9 Å². The number of ether oxygens (including phenoxy) is 2. The standard InChI is InChI=1S/C23H23N3O5/c27-22(24-16-7-8-16)18(10-14-4-2-1-3-5-14)25-23(28)21-12-17(26-31-21)15-6-9-19-20(11-15)30-13-29-19/h1-6,9,11,16,18,21H,7-8,10,12-13H2,(H,24,27)(H,25,28)/t18-,21+/m1/s1. The van der Waals surface area contributed by atoms with E-state index in [0.717, 1.165) is 24.0 Å². The van der Waals surface area contributed by atoms with Gasteiger partial charge in [0.1, 0.15) is 6.04 Å². The monoisotopic (exact) mass is 421 g/mol. The molecule has 3 aliphatic rings. The minimum absolute atomic E-state index is 0.172. The summed E-state index contributed by atoms with van der Waals surface area (Å²) in [7, 11) is 0. The second-order valence-electron chi connectivity index (χ2n) is 7.94. The summed E-state index contributed by atoms with van der Waals surface area (Å²) in [4.78, 5) is 31.0. The Labute approximate surface area is 179 Å². The predicted octanol–water partition coefficient (Wildman–Crippen LogP) is 1.91. The van der Waals surface area contributed by atoms with Crippen molar-refractivity contribution in [3.05, 3.63) is 59.7 Å². The maximum absolute atomic E-state index is 12.9. The first-order valence-corrected chi connectivity index (χ1v) is 10.4. The molecule has 2 aromatic rings. The van der Waals surface area contributed by atoms with Gasteiger partial charge in [0.05, 0.1) is 5.71 Å². The zero-order valence-electron chi connectivity index (χ0n) is 16.9. The molecule has 0 aromatic heterocycles. The Bertz CT molecular complexity index is 1020. The normalized spacial score (nSPS) is 19.9. The molecule has 2 heterocycles. The third-order valence-electron chi connectivity index (χ3n) is 5.51. The molecular weight excluding hydrogens is 398 g/mol. The van der Waals surface area contributed by atoms with Crippen LogP contribution in [0.15, 0.2) is 53.7 Å². The van der Waals surface area contributed by atoms with Crippen molar-refractivity contribution >= 4 is 17.5 Å². The largest absolute Gasteiger partial charge is 0.454 e. The zero-order valence-corrected chi connectivity index (χ0v) is 16.9. The number of nitrogens with zero attached hydrogens (tertiary/aromatic N) is 1. The van der Waals surface area contributed by atoms with E-state index in [2.05, 4.69) is 15.8 Å². The minimum atomic E-state index is -0.785. The van der Waals surface area contributed by atoms with Crippen LogP contribution in [0.5, 0.6) is 11.5 Å². The van der Waals surface area contributed by atoms with Crippen molar-refractivity contribution in [1.82, 2.24) is 10.6 Å². The van der Waals surface area contributed by atoms with Gasteiger partial charge >= 0.3 is 0 Å². The molecule has 5 rings (SSSR count). The predicted molar refractivity (Wildman–Crippen MR) is 112 cm³/mol. The average molecular weight is 421 g/mol. The molecular formula is C23H23N3O5.